The first-order chi connectivity index (χ1) is 11.8. The molecule has 0 bridgehead atoms. The molecule has 6 nitrogen and oxygen atoms in total. The van der Waals surface area contributed by atoms with Crippen molar-refractivity contribution in [1.29, 1.82) is 0 Å². The number of likely N-dealkylation sites (tertiary alicyclic amines) is 1. The summed E-state index contributed by atoms with van der Waals surface area (Å²) in [4.78, 5) is 14.0. The van der Waals surface area contributed by atoms with E-state index in [4.69, 9.17) is 4.74 Å². The summed E-state index contributed by atoms with van der Waals surface area (Å²) in [7, 11) is 0. The zero-order chi connectivity index (χ0) is 18.0. The number of hydrogen-bond donors (Lipinski definition) is 0. The van der Waals surface area contributed by atoms with Crippen molar-refractivity contribution in [3.63, 3.8) is 0 Å². The average molecular weight is 407 g/mol. The second kappa shape index (κ2) is 7.15. The molecule has 3 rings (SSSR count). The standard InChI is InChI=1S/C18H23BrN4O2/c1-18(2,3)25-17(24)22-9-8-13(10-22)11-23-12-20-21-16(23)14-4-6-15(19)7-5-14/h4-7,12-13H,8-11H2,1-3H3/t13-/m1/s1. The summed E-state index contributed by atoms with van der Waals surface area (Å²) in [5.41, 5.74) is 0.570. The molecule has 2 heterocycles. The Balaban J connectivity index is 1.64. The third-order valence-electron chi connectivity index (χ3n) is 4.11. The molecule has 0 spiro atoms. The van der Waals surface area contributed by atoms with Crippen LogP contribution in [0, 0.1) is 5.92 Å². The number of benzene rings is 1. The fourth-order valence-corrected chi connectivity index (χ4v) is 3.23. The Morgan fingerprint density at radius 2 is 2.04 bits per heavy atom. The van der Waals surface area contributed by atoms with Gasteiger partial charge in [-0.15, -0.1) is 10.2 Å². The minimum Gasteiger partial charge on any atom is -0.444 e. The molecule has 1 aromatic carbocycles. The first-order valence-corrected chi connectivity index (χ1v) is 9.23. The molecule has 1 aliphatic heterocycles. The highest BCUT2D eigenvalue weighted by atomic mass is 79.9. The molecule has 7 heteroatoms. The molecule has 0 radical (unpaired) electrons. The molecule has 0 N–H and O–H groups in total. The molecular formula is C18H23BrN4O2. The molecule has 0 saturated carbocycles. The van der Waals surface area contributed by atoms with Gasteiger partial charge in [0, 0.05) is 29.7 Å². The lowest BCUT2D eigenvalue weighted by Gasteiger charge is -2.24. The SMILES string of the molecule is CC(C)(C)OC(=O)N1CC[C@@H](Cn2cnnc2-c2ccc(Br)cc2)C1. The Kier molecular flexibility index (Phi) is 5.13. The summed E-state index contributed by atoms with van der Waals surface area (Å²) in [6.07, 6.45) is 2.48. The highest BCUT2D eigenvalue weighted by Crippen LogP contribution is 2.24. The molecule has 1 fully saturated rings. The van der Waals surface area contributed by atoms with Crippen LogP contribution in [0.2, 0.25) is 0 Å². The van der Waals surface area contributed by atoms with Gasteiger partial charge in [-0.25, -0.2) is 4.79 Å². The van der Waals surface area contributed by atoms with Gasteiger partial charge >= 0.3 is 6.09 Å². The van der Waals surface area contributed by atoms with Crippen LogP contribution in [0.25, 0.3) is 11.4 Å². The number of nitrogens with zero attached hydrogens (tertiary/aromatic N) is 4. The van der Waals surface area contributed by atoms with Crippen molar-refractivity contribution in [3.05, 3.63) is 35.1 Å². The summed E-state index contributed by atoms with van der Waals surface area (Å²) in [5, 5.41) is 8.31. The second-order valence-corrected chi connectivity index (χ2v) is 8.31. The lowest BCUT2D eigenvalue weighted by Crippen LogP contribution is -2.35. The topological polar surface area (TPSA) is 60.2 Å². The van der Waals surface area contributed by atoms with Crippen LogP contribution in [-0.2, 0) is 11.3 Å². The molecule has 0 unspecified atom stereocenters. The van der Waals surface area contributed by atoms with Gasteiger partial charge in [-0.3, -0.25) is 0 Å². The minimum atomic E-state index is -0.460. The fraction of sp³-hybridized carbons (Fsp3) is 0.500. The third-order valence-corrected chi connectivity index (χ3v) is 4.64. The van der Waals surface area contributed by atoms with Crippen molar-refractivity contribution in [2.45, 2.75) is 39.3 Å². The Morgan fingerprint density at radius 1 is 1.32 bits per heavy atom. The number of amides is 1. The maximum Gasteiger partial charge on any atom is 0.410 e. The first kappa shape index (κ1) is 17.9. The zero-order valence-corrected chi connectivity index (χ0v) is 16.4. The number of hydrogen-bond acceptors (Lipinski definition) is 4. The summed E-state index contributed by atoms with van der Waals surface area (Å²) < 4.78 is 8.56. The Labute approximate surface area is 156 Å². The van der Waals surface area contributed by atoms with Crippen molar-refractivity contribution < 1.29 is 9.53 Å². The van der Waals surface area contributed by atoms with Crippen LogP contribution in [0.15, 0.2) is 35.1 Å². The van der Waals surface area contributed by atoms with Crippen LogP contribution in [0.1, 0.15) is 27.2 Å². The zero-order valence-electron chi connectivity index (χ0n) is 14.8. The molecule has 1 aromatic heterocycles. The normalized spacial score (nSPS) is 17.8. The van der Waals surface area contributed by atoms with Crippen molar-refractivity contribution in [2.75, 3.05) is 13.1 Å². The molecule has 1 saturated heterocycles. The summed E-state index contributed by atoms with van der Waals surface area (Å²) in [6, 6.07) is 8.03. The van der Waals surface area contributed by atoms with E-state index in [9.17, 15) is 4.79 Å². The van der Waals surface area contributed by atoms with E-state index in [1.54, 1.807) is 11.2 Å². The van der Waals surface area contributed by atoms with Crippen LogP contribution in [0.4, 0.5) is 4.79 Å². The van der Waals surface area contributed by atoms with Gasteiger partial charge in [-0.05, 0) is 45.2 Å². The number of ether oxygens (including phenoxy) is 1. The molecule has 1 amide bonds. The van der Waals surface area contributed by atoms with Crippen LogP contribution < -0.4 is 0 Å². The van der Waals surface area contributed by atoms with E-state index in [1.165, 1.54) is 0 Å². The molecule has 2 aromatic rings. The molecule has 1 atom stereocenters. The van der Waals surface area contributed by atoms with Crippen LogP contribution in [0.5, 0.6) is 0 Å². The number of carbonyl (C=O) groups is 1. The second-order valence-electron chi connectivity index (χ2n) is 7.39. The predicted molar refractivity (Wildman–Crippen MR) is 99.1 cm³/mol. The van der Waals surface area contributed by atoms with Gasteiger partial charge in [-0.2, -0.15) is 0 Å². The number of aromatic nitrogens is 3. The average Bonchev–Trinajstić information content (AvgIpc) is 3.16. The fourth-order valence-electron chi connectivity index (χ4n) is 2.96. The van der Waals surface area contributed by atoms with Crippen LogP contribution in [-0.4, -0.2) is 44.4 Å². The van der Waals surface area contributed by atoms with Crippen molar-refractivity contribution in [1.82, 2.24) is 19.7 Å². The van der Waals surface area contributed by atoms with Crippen molar-refractivity contribution in [3.8, 4) is 11.4 Å². The van der Waals surface area contributed by atoms with Gasteiger partial charge < -0.3 is 14.2 Å². The predicted octanol–water partition coefficient (Wildman–Crippen LogP) is 3.96. The van der Waals surface area contributed by atoms with Gasteiger partial charge in [0.25, 0.3) is 0 Å². The highest BCUT2D eigenvalue weighted by molar-refractivity contribution is 9.10. The van der Waals surface area contributed by atoms with E-state index in [0.29, 0.717) is 12.5 Å². The Morgan fingerprint density at radius 3 is 2.72 bits per heavy atom. The lowest BCUT2D eigenvalue weighted by molar-refractivity contribution is 0.0287. The molecular weight excluding hydrogens is 384 g/mol. The first-order valence-electron chi connectivity index (χ1n) is 8.43. The quantitative estimate of drug-likeness (QED) is 0.773. The van der Waals surface area contributed by atoms with Crippen molar-refractivity contribution in [2.24, 2.45) is 5.92 Å². The largest absolute Gasteiger partial charge is 0.444 e. The van der Waals surface area contributed by atoms with E-state index >= 15 is 0 Å². The Hall–Kier alpha value is -1.89. The van der Waals surface area contributed by atoms with Gasteiger partial charge in [-0.1, -0.05) is 28.1 Å². The smallest absolute Gasteiger partial charge is 0.410 e. The maximum absolute atomic E-state index is 12.2. The van der Waals surface area contributed by atoms with Gasteiger partial charge in [0.15, 0.2) is 5.82 Å². The number of carbonyl (C=O) groups excluding carboxylic acids is 1. The number of rotatable bonds is 3. The van der Waals surface area contributed by atoms with Gasteiger partial charge in [0.1, 0.15) is 11.9 Å². The molecule has 25 heavy (non-hydrogen) atoms. The Bertz CT molecular complexity index is 736. The van der Waals surface area contributed by atoms with Crippen molar-refractivity contribution >= 4 is 22.0 Å². The minimum absolute atomic E-state index is 0.230. The summed E-state index contributed by atoms with van der Waals surface area (Å²) >= 11 is 3.45. The van der Waals surface area contributed by atoms with E-state index in [2.05, 4.69) is 30.7 Å². The van der Waals surface area contributed by atoms with Crippen LogP contribution >= 0.6 is 15.9 Å². The number of halogens is 1. The summed E-state index contributed by atoms with van der Waals surface area (Å²) in [6.45, 7) is 7.89. The molecule has 134 valence electrons. The molecule has 1 aliphatic rings. The third kappa shape index (κ3) is 4.60. The van der Waals surface area contributed by atoms with E-state index in [-0.39, 0.29) is 6.09 Å². The van der Waals surface area contributed by atoms with E-state index < -0.39 is 5.60 Å². The monoisotopic (exact) mass is 406 g/mol. The van der Waals surface area contributed by atoms with E-state index in [1.807, 2.05) is 45.0 Å². The van der Waals surface area contributed by atoms with Crippen LogP contribution in [0.3, 0.4) is 0 Å². The maximum atomic E-state index is 12.2. The summed E-state index contributed by atoms with van der Waals surface area (Å²) in [5.74, 6) is 1.22. The van der Waals surface area contributed by atoms with E-state index in [0.717, 1.165) is 35.4 Å². The lowest BCUT2D eigenvalue weighted by atomic mass is 10.1. The molecule has 0 aliphatic carbocycles. The van der Waals surface area contributed by atoms with Gasteiger partial charge in [0.2, 0.25) is 0 Å². The van der Waals surface area contributed by atoms with Gasteiger partial charge in [0.05, 0.1) is 0 Å². The highest BCUT2D eigenvalue weighted by Gasteiger charge is 2.30.